The van der Waals surface area contributed by atoms with E-state index in [1.54, 1.807) is 54.6 Å². The minimum absolute atomic E-state index is 0.00677. The summed E-state index contributed by atoms with van der Waals surface area (Å²) in [6.45, 7) is 1.11. The number of nitrogens with one attached hydrogen (secondary N) is 1. The smallest absolute Gasteiger partial charge is 0.264 e. The number of rotatable bonds is 13. The number of benzene rings is 4. The lowest BCUT2D eigenvalue weighted by molar-refractivity contribution is -0.140. The van der Waals surface area contributed by atoms with Gasteiger partial charge in [0.2, 0.25) is 11.8 Å². The molecule has 1 N–H and O–H groups in total. The molecule has 11 heteroatoms. The zero-order chi connectivity index (χ0) is 34.3. The van der Waals surface area contributed by atoms with Gasteiger partial charge in [0.05, 0.1) is 17.7 Å². The Morgan fingerprint density at radius 3 is 2.15 bits per heavy atom. The van der Waals surface area contributed by atoms with Gasteiger partial charge in [-0.25, -0.2) is 8.42 Å². The van der Waals surface area contributed by atoms with Crippen molar-refractivity contribution in [3.8, 4) is 5.75 Å². The first-order valence-electron chi connectivity index (χ1n) is 15.9. The molecular weight excluding hydrogens is 669 g/mol. The first-order valence-corrected chi connectivity index (χ1v) is 18.1. The van der Waals surface area contributed by atoms with Gasteiger partial charge in [-0.3, -0.25) is 13.9 Å². The largest absolute Gasteiger partial charge is 0.495 e. The standard InChI is InChI=1S/C37H39Cl2N3O5S/c1-26-19-21-29(22-20-26)48(45,46)42(33-17-8-9-18-35(33)47-2)25-36(43)41(24-30-31(38)15-10-16-32(30)39)34(23-27-11-4-3-5-12-27)37(44)40-28-13-6-7-14-28/h3-5,8-12,15-22,28,34H,6-7,13-14,23-25H2,1-2H3,(H,40,44)/t34-/m0/s1. The summed E-state index contributed by atoms with van der Waals surface area (Å²) in [7, 11) is -2.85. The van der Waals surface area contributed by atoms with Gasteiger partial charge in [0, 0.05) is 34.6 Å². The molecule has 0 spiro atoms. The topological polar surface area (TPSA) is 96.0 Å². The maximum atomic E-state index is 14.8. The van der Waals surface area contributed by atoms with Crippen molar-refractivity contribution in [2.24, 2.45) is 0 Å². The predicted octanol–water partition coefficient (Wildman–Crippen LogP) is 7.20. The van der Waals surface area contributed by atoms with Gasteiger partial charge in [-0.15, -0.1) is 0 Å². The van der Waals surface area contributed by atoms with Crippen LogP contribution in [0.3, 0.4) is 0 Å². The average Bonchev–Trinajstić information content (AvgIpc) is 3.60. The number of methoxy groups -OCH3 is 1. The fraction of sp³-hybridized carbons (Fsp3) is 0.297. The molecule has 1 saturated carbocycles. The van der Waals surface area contributed by atoms with E-state index in [2.05, 4.69) is 5.32 Å². The van der Waals surface area contributed by atoms with Crippen LogP contribution in [0.15, 0.2) is 102 Å². The molecule has 0 saturated heterocycles. The fourth-order valence-electron chi connectivity index (χ4n) is 5.96. The van der Waals surface area contributed by atoms with Gasteiger partial charge in [-0.2, -0.15) is 0 Å². The number of carbonyl (C=O) groups excluding carboxylic acids is 2. The molecule has 1 aliphatic carbocycles. The molecule has 0 aliphatic heterocycles. The third-order valence-electron chi connectivity index (χ3n) is 8.60. The molecule has 2 amide bonds. The van der Waals surface area contributed by atoms with Gasteiger partial charge < -0.3 is 15.0 Å². The fourth-order valence-corrected chi connectivity index (χ4v) is 7.90. The molecule has 0 heterocycles. The monoisotopic (exact) mass is 707 g/mol. The molecule has 8 nitrogen and oxygen atoms in total. The summed E-state index contributed by atoms with van der Waals surface area (Å²) in [5.74, 6) is -0.677. The Morgan fingerprint density at radius 2 is 1.50 bits per heavy atom. The molecule has 1 aliphatic rings. The van der Waals surface area contributed by atoms with E-state index < -0.39 is 28.5 Å². The molecule has 4 aromatic rings. The molecule has 0 bridgehead atoms. The Bertz CT molecular complexity index is 1810. The lowest BCUT2D eigenvalue weighted by Crippen LogP contribution is -2.54. The van der Waals surface area contributed by atoms with E-state index in [1.807, 2.05) is 37.3 Å². The minimum Gasteiger partial charge on any atom is -0.495 e. The summed E-state index contributed by atoms with van der Waals surface area (Å²) in [4.78, 5) is 30.4. The summed E-state index contributed by atoms with van der Waals surface area (Å²) >= 11 is 13.2. The number of halogens is 2. The summed E-state index contributed by atoms with van der Waals surface area (Å²) in [5.41, 5.74) is 2.35. The van der Waals surface area contributed by atoms with Crippen molar-refractivity contribution in [3.63, 3.8) is 0 Å². The predicted molar refractivity (Wildman–Crippen MR) is 190 cm³/mol. The lowest BCUT2D eigenvalue weighted by atomic mass is 10.0. The Kier molecular flexibility index (Phi) is 11.7. The van der Waals surface area contributed by atoms with Crippen molar-refractivity contribution in [1.29, 1.82) is 0 Å². The van der Waals surface area contributed by atoms with Crippen LogP contribution >= 0.6 is 23.2 Å². The first kappa shape index (κ1) is 35.3. The van der Waals surface area contributed by atoms with Crippen LogP contribution in [0.1, 0.15) is 42.4 Å². The molecule has 1 atom stereocenters. The number of nitrogens with zero attached hydrogens (tertiary/aromatic N) is 2. The van der Waals surface area contributed by atoms with E-state index >= 15 is 0 Å². The Hall–Kier alpha value is -4.05. The molecule has 4 aromatic carbocycles. The van der Waals surface area contributed by atoms with Crippen LogP contribution in [-0.4, -0.2) is 50.9 Å². The molecule has 0 unspecified atom stereocenters. The van der Waals surface area contributed by atoms with Crippen molar-refractivity contribution < 1.29 is 22.7 Å². The zero-order valence-corrected chi connectivity index (χ0v) is 29.3. The summed E-state index contributed by atoms with van der Waals surface area (Å²) < 4.78 is 35.3. The highest BCUT2D eigenvalue weighted by Crippen LogP contribution is 2.33. The van der Waals surface area contributed by atoms with Crippen LogP contribution < -0.4 is 14.4 Å². The Balaban J connectivity index is 1.61. The van der Waals surface area contributed by atoms with E-state index in [0.29, 0.717) is 15.6 Å². The van der Waals surface area contributed by atoms with Crippen molar-refractivity contribution in [2.45, 2.75) is 62.6 Å². The highest BCUT2D eigenvalue weighted by molar-refractivity contribution is 7.92. The van der Waals surface area contributed by atoms with Crippen LogP contribution in [0, 0.1) is 6.92 Å². The van der Waals surface area contributed by atoms with E-state index in [1.165, 1.54) is 24.1 Å². The maximum absolute atomic E-state index is 14.8. The summed E-state index contributed by atoms with van der Waals surface area (Å²) in [6.07, 6.45) is 3.91. The molecule has 48 heavy (non-hydrogen) atoms. The lowest BCUT2D eigenvalue weighted by Gasteiger charge is -2.35. The normalized spacial score (nSPS) is 13.9. The highest BCUT2D eigenvalue weighted by Gasteiger charge is 2.36. The van der Waals surface area contributed by atoms with Crippen molar-refractivity contribution in [3.05, 3.63) is 124 Å². The van der Waals surface area contributed by atoms with Crippen LogP contribution in [0.4, 0.5) is 5.69 Å². The number of para-hydroxylation sites is 2. The first-order chi connectivity index (χ1) is 23.1. The average molecular weight is 709 g/mol. The van der Waals surface area contributed by atoms with E-state index in [4.69, 9.17) is 27.9 Å². The summed E-state index contributed by atoms with van der Waals surface area (Å²) in [5, 5.41) is 3.81. The Labute approximate surface area is 292 Å². The Morgan fingerprint density at radius 1 is 0.875 bits per heavy atom. The van der Waals surface area contributed by atoms with Gasteiger partial charge in [0.25, 0.3) is 10.0 Å². The second kappa shape index (κ2) is 15.9. The summed E-state index contributed by atoms with van der Waals surface area (Å²) in [6, 6.07) is 26.4. The van der Waals surface area contributed by atoms with Gasteiger partial charge in [-0.05, 0) is 61.7 Å². The number of aryl methyl sites for hydroxylation is 1. The number of ether oxygens (including phenoxy) is 1. The van der Waals surface area contributed by atoms with Crippen molar-refractivity contribution in [1.82, 2.24) is 10.2 Å². The van der Waals surface area contributed by atoms with Gasteiger partial charge in [-0.1, -0.05) is 102 Å². The van der Waals surface area contributed by atoms with Crippen LogP contribution in [-0.2, 0) is 32.6 Å². The van der Waals surface area contributed by atoms with E-state index in [0.717, 1.165) is 41.1 Å². The number of hydrogen-bond acceptors (Lipinski definition) is 5. The van der Waals surface area contributed by atoms with Crippen LogP contribution in [0.2, 0.25) is 10.0 Å². The van der Waals surface area contributed by atoms with Gasteiger partial charge in [0.1, 0.15) is 18.3 Å². The third kappa shape index (κ3) is 8.32. The number of anilines is 1. The molecule has 0 radical (unpaired) electrons. The number of hydrogen-bond donors (Lipinski definition) is 1. The number of sulfonamides is 1. The second-order valence-corrected chi connectivity index (χ2v) is 14.6. The number of amides is 2. The SMILES string of the molecule is COc1ccccc1N(CC(=O)N(Cc1c(Cl)cccc1Cl)[C@@H](Cc1ccccc1)C(=O)NC1CCCC1)S(=O)(=O)c1ccc(C)cc1. The van der Waals surface area contributed by atoms with Crippen molar-refractivity contribution >= 4 is 50.7 Å². The quantitative estimate of drug-likeness (QED) is 0.159. The number of carbonyl (C=O) groups is 2. The molecule has 5 rings (SSSR count). The second-order valence-electron chi connectivity index (χ2n) is 11.9. The van der Waals surface area contributed by atoms with E-state index in [9.17, 15) is 18.0 Å². The maximum Gasteiger partial charge on any atom is 0.264 e. The van der Waals surface area contributed by atoms with Gasteiger partial charge in [0.15, 0.2) is 0 Å². The highest BCUT2D eigenvalue weighted by atomic mass is 35.5. The van der Waals surface area contributed by atoms with Crippen LogP contribution in [0.25, 0.3) is 0 Å². The van der Waals surface area contributed by atoms with E-state index in [-0.39, 0.29) is 41.2 Å². The molecule has 0 aromatic heterocycles. The van der Waals surface area contributed by atoms with Gasteiger partial charge >= 0.3 is 0 Å². The minimum atomic E-state index is -4.29. The molecule has 252 valence electrons. The van der Waals surface area contributed by atoms with Crippen LogP contribution in [0.5, 0.6) is 5.75 Å². The molecule has 1 fully saturated rings. The third-order valence-corrected chi connectivity index (χ3v) is 11.1. The zero-order valence-electron chi connectivity index (χ0n) is 26.9. The molecular formula is C37H39Cl2N3O5S. The van der Waals surface area contributed by atoms with Crippen molar-refractivity contribution in [2.75, 3.05) is 18.0 Å².